The highest BCUT2D eigenvalue weighted by molar-refractivity contribution is 9.10. The van der Waals surface area contributed by atoms with Gasteiger partial charge in [-0.15, -0.1) is 0 Å². The smallest absolute Gasteiger partial charge is 0.0458 e. The Bertz CT molecular complexity index is 607. The second-order valence-electron chi connectivity index (χ2n) is 6.16. The zero-order chi connectivity index (χ0) is 13.5. The van der Waals surface area contributed by atoms with Crippen LogP contribution >= 0.6 is 15.9 Å². The molecule has 1 aromatic carbocycles. The van der Waals surface area contributed by atoms with E-state index in [1.54, 1.807) is 0 Å². The number of rotatable bonds is 2. The number of hydrogen-bond acceptors (Lipinski definition) is 2. The van der Waals surface area contributed by atoms with Crippen molar-refractivity contribution in [1.29, 1.82) is 0 Å². The number of halogens is 1. The molecule has 0 aliphatic carbocycles. The molecular weight excluding hydrogens is 314 g/mol. The average molecular weight is 334 g/mol. The van der Waals surface area contributed by atoms with Crippen LogP contribution in [0.4, 0.5) is 0 Å². The van der Waals surface area contributed by atoms with E-state index in [4.69, 9.17) is 0 Å². The van der Waals surface area contributed by atoms with Gasteiger partial charge in [0.05, 0.1) is 0 Å². The summed E-state index contributed by atoms with van der Waals surface area (Å²) in [7, 11) is 0. The van der Waals surface area contributed by atoms with Crippen molar-refractivity contribution in [3.63, 3.8) is 0 Å². The quantitative estimate of drug-likeness (QED) is 0.884. The van der Waals surface area contributed by atoms with Crippen molar-refractivity contribution in [2.24, 2.45) is 5.92 Å². The molecule has 2 aliphatic rings. The van der Waals surface area contributed by atoms with Gasteiger partial charge in [0.2, 0.25) is 0 Å². The van der Waals surface area contributed by atoms with E-state index in [0.29, 0.717) is 0 Å². The lowest BCUT2D eigenvalue weighted by molar-refractivity contribution is 0.313. The number of H-pyrrole nitrogens is 1. The standard InChI is InChI=1S/C16H20BrN3/c17-13-3-4-15-14(6-13)12(7-19-15)9-20-8-11-2-1-5-18-16(11)10-20/h3-4,6-7,11,16,18-19H,1-2,5,8-10H2. The van der Waals surface area contributed by atoms with Crippen molar-refractivity contribution in [3.05, 3.63) is 34.4 Å². The van der Waals surface area contributed by atoms with E-state index in [0.717, 1.165) is 23.0 Å². The van der Waals surface area contributed by atoms with E-state index in [2.05, 4.69) is 55.5 Å². The molecule has 4 rings (SSSR count). The topological polar surface area (TPSA) is 31.1 Å². The minimum atomic E-state index is 0.723. The molecule has 2 aliphatic heterocycles. The van der Waals surface area contributed by atoms with Gasteiger partial charge in [-0.25, -0.2) is 0 Å². The number of benzene rings is 1. The Kier molecular flexibility index (Phi) is 3.33. The Morgan fingerprint density at radius 1 is 1.30 bits per heavy atom. The molecule has 20 heavy (non-hydrogen) atoms. The molecule has 0 bridgehead atoms. The Labute approximate surface area is 127 Å². The molecule has 1 aromatic heterocycles. The molecule has 0 radical (unpaired) electrons. The van der Waals surface area contributed by atoms with Crippen LogP contribution in [0, 0.1) is 5.92 Å². The first-order valence-electron chi connectivity index (χ1n) is 7.51. The van der Waals surface area contributed by atoms with E-state index in [9.17, 15) is 0 Å². The van der Waals surface area contributed by atoms with Crippen LogP contribution < -0.4 is 5.32 Å². The SMILES string of the molecule is Brc1ccc2[nH]cc(CN3CC4CCCNC4C3)c2c1. The summed E-state index contributed by atoms with van der Waals surface area (Å²) in [6.45, 7) is 4.71. The van der Waals surface area contributed by atoms with Crippen molar-refractivity contribution in [1.82, 2.24) is 15.2 Å². The summed E-state index contributed by atoms with van der Waals surface area (Å²) >= 11 is 3.58. The minimum Gasteiger partial charge on any atom is -0.361 e. The normalized spacial score (nSPS) is 27.1. The molecular formula is C16H20BrN3. The maximum Gasteiger partial charge on any atom is 0.0458 e. The molecule has 3 nitrogen and oxygen atoms in total. The Morgan fingerprint density at radius 3 is 3.15 bits per heavy atom. The fraction of sp³-hybridized carbons (Fsp3) is 0.500. The summed E-state index contributed by atoms with van der Waals surface area (Å²) in [6.07, 6.45) is 4.91. The molecule has 3 heterocycles. The van der Waals surface area contributed by atoms with Gasteiger partial charge in [0.15, 0.2) is 0 Å². The highest BCUT2D eigenvalue weighted by Gasteiger charge is 2.34. The summed E-state index contributed by atoms with van der Waals surface area (Å²) in [5, 5.41) is 5.03. The Hall–Kier alpha value is -0.840. The van der Waals surface area contributed by atoms with Gasteiger partial charge in [-0.2, -0.15) is 0 Å². The molecule has 0 amide bonds. The van der Waals surface area contributed by atoms with Crippen LogP contribution in [0.5, 0.6) is 0 Å². The fourth-order valence-corrected chi connectivity index (χ4v) is 4.15. The lowest BCUT2D eigenvalue weighted by Crippen LogP contribution is -2.40. The molecule has 2 atom stereocenters. The fourth-order valence-electron chi connectivity index (χ4n) is 3.79. The zero-order valence-electron chi connectivity index (χ0n) is 11.5. The zero-order valence-corrected chi connectivity index (χ0v) is 13.1. The van der Waals surface area contributed by atoms with Gasteiger partial charge >= 0.3 is 0 Å². The number of likely N-dealkylation sites (tertiary alicyclic amines) is 1. The van der Waals surface area contributed by atoms with E-state index in [-0.39, 0.29) is 0 Å². The molecule has 2 fully saturated rings. The highest BCUT2D eigenvalue weighted by Crippen LogP contribution is 2.28. The van der Waals surface area contributed by atoms with Crippen molar-refractivity contribution in [2.75, 3.05) is 19.6 Å². The second kappa shape index (κ2) is 5.17. The van der Waals surface area contributed by atoms with Crippen LogP contribution in [-0.2, 0) is 6.54 Å². The molecule has 2 aromatic rings. The van der Waals surface area contributed by atoms with Crippen LogP contribution in [0.3, 0.4) is 0 Å². The molecule has 106 valence electrons. The second-order valence-corrected chi connectivity index (χ2v) is 7.08. The molecule has 0 spiro atoms. The summed E-state index contributed by atoms with van der Waals surface area (Å²) in [6, 6.07) is 7.19. The van der Waals surface area contributed by atoms with Crippen LogP contribution in [0.15, 0.2) is 28.9 Å². The third-order valence-electron chi connectivity index (χ3n) is 4.80. The number of aromatic nitrogens is 1. The first-order valence-corrected chi connectivity index (χ1v) is 8.30. The molecule has 2 N–H and O–H groups in total. The van der Waals surface area contributed by atoms with Gasteiger partial charge in [-0.05, 0) is 49.1 Å². The largest absolute Gasteiger partial charge is 0.361 e. The molecule has 2 unspecified atom stereocenters. The third kappa shape index (κ3) is 2.30. The number of aromatic amines is 1. The van der Waals surface area contributed by atoms with Gasteiger partial charge in [0, 0.05) is 47.2 Å². The molecule has 0 saturated carbocycles. The van der Waals surface area contributed by atoms with Crippen molar-refractivity contribution in [2.45, 2.75) is 25.4 Å². The lowest BCUT2D eigenvalue weighted by atomic mass is 9.94. The maximum atomic E-state index is 3.68. The van der Waals surface area contributed by atoms with Crippen LogP contribution in [0.2, 0.25) is 0 Å². The summed E-state index contributed by atoms with van der Waals surface area (Å²) in [4.78, 5) is 6.00. The first kappa shape index (κ1) is 12.9. The van der Waals surface area contributed by atoms with Crippen LogP contribution in [0.1, 0.15) is 18.4 Å². The van der Waals surface area contributed by atoms with Crippen molar-refractivity contribution < 1.29 is 0 Å². The number of piperidine rings is 1. The van der Waals surface area contributed by atoms with Crippen molar-refractivity contribution >= 4 is 26.8 Å². The summed E-state index contributed by atoms with van der Waals surface area (Å²) in [5.74, 6) is 0.862. The summed E-state index contributed by atoms with van der Waals surface area (Å²) in [5.41, 5.74) is 2.65. The van der Waals surface area contributed by atoms with Crippen molar-refractivity contribution in [3.8, 4) is 0 Å². The average Bonchev–Trinajstić information content (AvgIpc) is 3.03. The van der Waals surface area contributed by atoms with E-state index >= 15 is 0 Å². The third-order valence-corrected chi connectivity index (χ3v) is 5.29. The van der Waals surface area contributed by atoms with E-state index < -0.39 is 0 Å². The molecule has 4 heteroatoms. The van der Waals surface area contributed by atoms with Crippen LogP contribution in [0.25, 0.3) is 10.9 Å². The minimum absolute atomic E-state index is 0.723. The summed E-state index contributed by atoms with van der Waals surface area (Å²) < 4.78 is 1.16. The monoisotopic (exact) mass is 333 g/mol. The Balaban J connectivity index is 1.54. The maximum absolute atomic E-state index is 3.68. The van der Waals surface area contributed by atoms with Gasteiger partial charge < -0.3 is 10.3 Å². The predicted molar refractivity (Wildman–Crippen MR) is 85.8 cm³/mol. The van der Waals surface area contributed by atoms with Gasteiger partial charge in [0.25, 0.3) is 0 Å². The Morgan fingerprint density at radius 2 is 2.25 bits per heavy atom. The predicted octanol–water partition coefficient (Wildman–Crippen LogP) is 3.11. The lowest BCUT2D eigenvalue weighted by Gasteiger charge is -2.24. The van der Waals surface area contributed by atoms with E-state index in [1.807, 2.05) is 0 Å². The molecule has 2 saturated heterocycles. The number of nitrogens with one attached hydrogen (secondary N) is 2. The van der Waals surface area contributed by atoms with Gasteiger partial charge in [-0.1, -0.05) is 15.9 Å². The number of hydrogen-bond donors (Lipinski definition) is 2. The first-order chi connectivity index (χ1) is 9.79. The number of fused-ring (bicyclic) bond motifs is 2. The van der Waals surface area contributed by atoms with Gasteiger partial charge in [0.1, 0.15) is 0 Å². The van der Waals surface area contributed by atoms with E-state index in [1.165, 1.54) is 48.9 Å². The van der Waals surface area contributed by atoms with Crippen LogP contribution in [-0.4, -0.2) is 35.6 Å². The van der Waals surface area contributed by atoms with Gasteiger partial charge in [-0.3, -0.25) is 4.90 Å². The number of nitrogens with zero attached hydrogens (tertiary/aromatic N) is 1. The highest BCUT2D eigenvalue weighted by atomic mass is 79.9.